The van der Waals surface area contributed by atoms with Crippen molar-refractivity contribution in [3.63, 3.8) is 0 Å². The van der Waals surface area contributed by atoms with Gasteiger partial charge in [-0.25, -0.2) is 5.90 Å². The second-order valence-corrected chi connectivity index (χ2v) is 3.64. The zero-order chi connectivity index (χ0) is 9.83. The van der Waals surface area contributed by atoms with Gasteiger partial charge in [0.15, 0.2) is 0 Å². The fourth-order valence-corrected chi connectivity index (χ4v) is 1.08. The van der Waals surface area contributed by atoms with Crippen molar-refractivity contribution < 1.29 is 4.84 Å². The lowest BCUT2D eigenvalue weighted by Crippen LogP contribution is -2.49. The molecule has 72 valence electrons. The van der Waals surface area contributed by atoms with Crippen molar-refractivity contribution >= 4 is 6.21 Å². The van der Waals surface area contributed by atoms with Crippen molar-refractivity contribution in [1.82, 2.24) is 0 Å². The highest BCUT2D eigenvalue weighted by Gasteiger charge is 2.39. The summed E-state index contributed by atoms with van der Waals surface area (Å²) in [6.07, 6.45) is 2.70. The average molecular weight is 172 g/mol. The number of rotatable bonds is 4. The van der Waals surface area contributed by atoms with Gasteiger partial charge in [-0.1, -0.05) is 6.92 Å². The Balaban J connectivity index is 4.73. The van der Waals surface area contributed by atoms with Crippen LogP contribution >= 0.6 is 0 Å². The first-order valence-corrected chi connectivity index (χ1v) is 4.31. The lowest BCUT2D eigenvalue weighted by Gasteiger charge is -2.38. The zero-order valence-corrected chi connectivity index (χ0v) is 8.72. The van der Waals surface area contributed by atoms with Gasteiger partial charge in [0.05, 0.1) is 5.54 Å². The predicted molar refractivity (Wildman–Crippen MR) is 52.2 cm³/mol. The predicted octanol–water partition coefficient (Wildman–Crippen LogP) is 1.91. The molecule has 1 unspecified atom stereocenters. The van der Waals surface area contributed by atoms with Crippen LogP contribution in [0.2, 0.25) is 0 Å². The van der Waals surface area contributed by atoms with Crippen molar-refractivity contribution in [1.29, 1.82) is 0 Å². The fraction of sp³-hybridized carbons (Fsp3) is 0.889. The van der Waals surface area contributed by atoms with E-state index in [1.54, 1.807) is 6.21 Å². The number of hydrogen-bond donors (Lipinski definition) is 1. The zero-order valence-electron chi connectivity index (χ0n) is 8.72. The molecule has 1 atom stereocenters. The third-order valence-corrected chi connectivity index (χ3v) is 2.69. The largest absolute Gasteiger partial charge is 0.296 e. The third-order valence-electron chi connectivity index (χ3n) is 2.69. The van der Waals surface area contributed by atoms with Crippen molar-refractivity contribution in [3.8, 4) is 0 Å². The summed E-state index contributed by atoms with van der Waals surface area (Å²) in [5.41, 5.74) is -0.662. The second-order valence-electron chi connectivity index (χ2n) is 3.64. The summed E-state index contributed by atoms with van der Waals surface area (Å²) >= 11 is 0. The number of nitrogens with two attached hydrogens (primary N) is 1. The van der Waals surface area contributed by atoms with Crippen LogP contribution in [-0.2, 0) is 4.84 Å². The van der Waals surface area contributed by atoms with Gasteiger partial charge in [0, 0.05) is 0 Å². The van der Waals surface area contributed by atoms with Crippen molar-refractivity contribution in [2.24, 2.45) is 10.9 Å². The van der Waals surface area contributed by atoms with Gasteiger partial charge in [-0.05, 0) is 40.3 Å². The smallest absolute Gasteiger partial charge is 0.108 e. The van der Waals surface area contributed by atoms with E-state index in [1.165, 1.54) is 0 Å². The van der Waals surface area contributed by atoms with Gasteiger partial charge in [0.25, 0.3) is 0 Å². The second kappa shape index (κ2) is 4.01. The molecule has 0 aliphatic rings. The van der Waals surface area contributed by atoms with E-state index in [2.05, 4.69) is 11.9 Å². The van der Waals surface area contributed by atoms with E-state index in [4.69, 9.17) is 10.7 Å². The molecule has 0 radical (unpaired) electrons. The summed E-state index contributed by atoms with van der Waals surface area (Å²) < 4.78 is 0. The summed E-state index contributed by atoms with van der Waals surface area (Å²) in [4.78, 5) is 9.32. The van der Waals surface area contributed by atoms with Crippen LogP contribution in [0.3, 0.4) is 0 Å². The molecule has 0 saturated heterocycles. The van der Waals surface area contributed by atoms with Gasteiger partial charge >= 0.3 is 0 Å². The highest BCUT2D eigenvalue weighted by atomic mass is 16.6. The number of aliphatic imine (C=N–C) groups is 1. The van der Waals surface area contributed by atoms with Crippen LogP contribution < -0.4 is 5.90 Å². The molecule has 0 bridgehead atoms. The maximum atomic E-state index is 5.22. The molecule has 0 aromatic heterocycles. The van der Waals surface area contributed by atoms with E-state index in [0.717, 1.165) is 6.42 Å². The minimum Gasteiger partial charge on any atom is -0.296 e. The van der Waals surface area contributed by atoms with Gasteiger partial charge in [-0.3, -0.25) is 9.83 Å². The Morgan fingerprint density at radius 1 is 1.42 bits per heavy atom. The molecule has 0 aromatic carbocycles. The first-order chi connectivity index (χ1) is 5.43. The summed E-state index contributed by atoms with van der Waals surface area (Å²) in [6, 6.07) is 0. The molecule has 0 rings (SSSR count). The summed E-state index contributed by atoms with van der Waals surface area (Å²) in [6.45, 7) is 9.92. The Hall–Kier alpha value is -0.410. The summed E-state index contributed by atoms with van der Waals surface area (Å²) in [5, 5.41) is 0. The molecule has 0 fully saturated rings. The molecule has 0 spiro atoms. The molecule has 0 aromatic rings. The third kappa shape index (κ3) is 2.05. The maximum absolute atomic E-state index is 5.22. The van der Waals surface area contributed by atoms with Crippen LogP contribution in [-0.4, -0.2) is 17.4 Å². The monoisotopic (exact) mass is 172 g/mol. The van der Waals surface area contributed by atoms with Crippen LogP contribution in [0, 0.1) is 0 Å². The van der Waals surface area contributed by atoms with Crippen molar-refractivity contribution in [2.45, 2.75) is 52.2 Å². The number of hydrogen-bond acceptors (Lipinski definition) is 3. The Labute approximate surface area is 75.0 Å². The number of nitrogens with zero attached hydrogens (tertiary/aromatic N) is 1. The van der Waals surface area contributed by atoms with Gasteiger partial charge in [0.2, 0.25) is 0 Å². The Kier molecular flexibility index (Phi) is 3.87. The van der Waals surface area contributed by atoms with Gasteiger partial charge in [-0.2, -0.15) is 0 Å². The molecule has 0 amide bonds. The van der Waals surface area contributed by atoms with E-state index in [0.29, 0.717) is 0 Å². The molecule has 0 heterocycles. The van der Waals surface area contributed by atoms with Gasteiger partial charge < -0.3 is 0 Å². The van der Waals surface area contributed by atoms with Gasteiger partial charge in [-0.15, -0.1) is 0 Å². The van der Waals surface area contributed by atoms with E-state index in [1.807, 2.05) is 27.7 Å². The topological polar surface area (TPSA) is 47.6 Å². The first kappa shape index (κ1) is 11.6. The standard InChI is InChI=1S/C9H20N2O/c1-6-9(5,11-7-2)8(3,4)12-10/h7H,6,10H2,1-5H3. The minimum absolute atomic E-state index is 0.240. The van der Waals surface area contributed by atoms with Crippen LogP contribution in [0.4, 0.5) is 0 Å². The highest BCUT2D eigenvalue weighted by Crippen LogP contribution is 2.30. The van der Waals surface area contributed by atoms with E-state index in [-0.39, 0.29) is 5.54 Å². The summed E-state index contributed by atoms with van der Waals surface area (Å²) in [7, 11) is 0. The van der Waals surface area contributed by atoms with Crippen LogP contribution in [0.15, 0.2) is 4.99 Å². The van der Waals surface area contributed by atoms with Crippen LogP contribution in [0.1, 0.15) is 41.0 Å². The fourth-order valence-electron chi connectivity index (χ4n) is 1.08. The Morgan fingerprint density at radius 3 is 2.17 bits per heavy atom. The minimum atomic E-state index is -0.422. The Bertz CT molecular complexity index is 166. The molecular weight excluding hydrogens is 152 g/mol. The molecule has 2 N–H and O–H groups in total. The van der Waals surface area contributed by atoms with E-state index >= 15 is 0 Å². The lowest BCUT2D eigenvalue weighted by molar-refractivity contribution is -0.0699. The van der Waals surface area contributed by atoms with E-state index in [9.17, 15) is 0 Å². The molecular formula is C9H20N2O. The molecule has 0 aliphatic carbocycles. The van der Waals surface area contributed by atoms with Crippen molar-refractivity contribution in [3.05, 3.63) is 0 Å². The lowest BCUT2D eigenvalue weighted by atomic mass is 9.82. The van der Waals surface area contributed by atoms with Crippen LogP contribution in [0.5, 0.6) is 0 Å². The molecule has 3 nitrogen and oxygen atoms in total. The maximum Gasteiger partial charge on any atom is 0.108 e. The Morgan fingerprint density at radius 2 is 1.92 bits per heavy atom. The summed E-state index contributed by atoms with van der Waals surface area (Å²) in [5.74, 6) is 5.22. The quantitative estimate of drug-likeness (QED) is 0.520. The molecule has 12 heavy (non-hydrogen) atoms. The molecule has 0 aliphatic heterocycles. The van der Waals surface area contributed by atoms with Crippen LogP contribution in [0.25, 0.3) is 0 Å². The highest BCUT2D eigenvalue weighted by molar-refractivity contribution is 5.54. The average Bonchev–Trinajstić information content (AvgIpc) is 2.04. The van der Waals surface area contributed by atoms with Gasteiger partial charge in [0.1, 0.15) is 5.60 Å². The van der Waals surface area contributed by atoms with Crippen molar-refractivity contribution in [2.75, 3.05) is 0 Å². The molecule has 3 heteroatoms. The SMILES string of the molecule is CC=NC(C)(CC)C(C)(C)ON. The molecule has 0 saturated carbocycles. The van der Waals surface area contributed by atoms with E-state index < -0.39 is 5.60 Å². The first-order valence-electron chi connectivity index (χ1n) is 4.31. The normalized spacial score (nSPS) is 18.2.